The van der Waals surface area contributed by atoms with Crippen LogP contribution in [0.1, 0.15) is 38.5 Å². The predicted molar refractivity (Wildman–Crippen MR) is 82.2 cm³/mol. The number of carboxylic acids is 2. The minimum atomic E-state index is -1.99. The number of carboxylic acid groups (broad SMARTS) is 2. The number of nitrogens with zero attached hydrogens (tertiary/aromatic N) is 1. The van der Waals surface area contributed by atoms with Crippen molar-refractivity contribution in [1.29, 1.82) is 0 Å². The third kappa shape index (κ3) is 3.27. The molecule has 2 aliphatic heterocycles. The molecular formula is C15H23N3O6. The summed E-state index contributed by atoms with van der Waals surface area (Å²) in [6, 6.07) is -1.72. The first kappa shape index (κ1) is 18.3. The van der Waals surface area contributed by atoms with Gasteiger partial charge in [-0.05, 0) is 38.6 Å². The molecule has 0 bridgehead atoms. The lowest BCUT2D eigenvalue weighted by molar-refractivity contribution is -0.163. The summed E-state index contributed by atoms with van der Waals surface area (Å²) in [6.45, 7) is 0.858. The van der Waals surface area contributed by atoms with Gasteiger partial charge in [0.2, 0.25) is 11.4 Å². The standard InChI is InChI=1S/C15H23N3O6/c16-9(4-5-11(19)20)12(21)15(14(23)24)6-2-8-18(15)13(22)10-3-1-7-17-10/h9-10,17H,1-8,16H2,(H,19,20)(H,23,24). The molecule has 0 radical (unpaired) electrons. The Morgan fingerprint density at radius 1 is 1.25 bits per heavy atom. The number of rotatable bonds is 7. The first-order valence-electron chi connectivity index (χ1n) is 8.10. The summed E-state index contributed by atoms with van der Waals surface area (Å²) in [5, 5.41) is 21.4. The van der Waals surface area contributed by atoms with E-state index in [0.717, 1.165) is 11.3 Å². The fraction of sp³-hybridized carbons (Fsp3) is 0.733. The fourth-order valence-corrected chi connectivity index (χ4v) is 3.50. The lowest BCUT2D eigenvalue weighted by Gasteiger charge is -2.36. The van der Waals surface area contributed by atoms with E-state index in [1.807, 2.05) is 0 Å². The molecule has 0 aromatic rings. The van der Waals surface area contributed by atoms with Gasteiger partial charge in [-0.3, -0.25) is 14.4 Å². The molecule has 0 aliphatic carbocycles. The van der Waals surface area contributed by atoms with Crippen molar-refractivity contribution < 1.29 is 29.4 Å². The maximum atomic E-state index is 12.7. The summed E-state index contributed by atoms with van der Waals surface area (Å²) in [5.41, 5.74) is 3.77. The lowest BCUT2D eigenvalue weighted by atomic mass is 9.85. The number of Topliss-reactive ketones (excluding diaryl/α,β-unsaturated/α-hetero) is 1. The zero-order valence-corrected chi connectivity index (χ0v) is 13.4. The number of nitrogens with two attached hydrogens (primary N) is 1. The Hall–Kier alpha value is -2.00. The van der Waals surface area contributed by atoms with E-state index in [9.17, 15) is 24.3 Å². The van der Waals surface area contributed by atoms with Gasteiger partial charge in [-0.1, -0.05) is 0 Å². The highest BCUT2D eigenvalue weighted by atomic mass is 16.4. The van der Waals surface area contributed by atoms with Crippen LogP contribution < -0.4 is 11.1 Å². The lowest BCUT2D eigenvalue weighted by Crippen LogP contribution is -2.64. The molecule has 3 atom stereocenters. The molecule has 0 aromatic carbocycles. The van der Waals surface area contributed by atoms with E-state index in [0.29, 0.717) is 19.4 Å². The highest BCUT2D eigenvalue weighted by Gasteiger charge is 2.57. The molecule has 24 heavy (non-hydrogen) atoms. The van der Waals surface area contributed by atoms with Crippen molar-refractivity contribution in [2.24, 2.45) is 5.73 Å². The van der Waals surface area contributed by atoms with E-state index >= 15 is 0 Å². The normalized spacial score (nSPS) is 27.9. The summed E-state index contributed by atoms with van der Waals surface area (Å²) in [7, 11) is 0. The van der Waals surface area contributed by atoms with Crippen molar-refractivity contribution in [3.63, 3.8) is 0 Å². The van der Waals surface area contributed by atoms with Gasteiger partial charge in [-0.25, -0.2) is 4.79 Å². The maximum absolute atomic E-state index is 12.7. The smallest absolute Gasteiger partial charge is 0.337 e. The average molecular weight is 341 g/mol. The fourth-order valence-electron chi connectivity index (χ4n) is 3.50. The Labute approximate surface area is 139 Å². The Morgan fingerprint density at radius 3 is 2.50 bits per heavy atom. The Bertz CT molecular complexity index is 545. The van der Waals surface area contributed by atoms with Gasteiger partial charge in [0.1, 0.15) is 0 Å². The van der Waals surface area contributed by atoms with Crippen molar-refractivity contribution in [2.75, 3.05) is 13.1 Å². The monoisotopic (exact) mass is 341 g/mol. The van der Waals surface area contributed by atoms with E-state index in [1.165, 1.54) is 0 Å². The Morgan fingerprint density at radius 2 is 1.96 bits per heavy atom. The van der Waals surface area contributed by atoms with Gasteiger partial charge < -0.3 is 26.2 Å². The van der Waals surface area contributed by atoms with Gasteiger partial charge in [0.25, 0.3) is 0 Å². The Balaban J connectivity index is 2.24. The number of hydrogen-bond donors (Lipinski definition) is 4. The summed E-state index contributed by atoms with van der Waals surface area (Å²) in [4.78, 5) is 49.1. The van der Waals surface area contributed by atoms with Gasteiger partial charge in [-0.15, -0.1) is 0 Å². The van der Waals surface area contributed by atoms with E-state index in [-0.39, 0.29) is 25.8 Å². The van der Waals surface area contributed by atoms with Crippen molar-refractivity contribution in [3.05, 3.63) is 0 Å². The van der Waals surface area contributed by atoms with Crippen LogP contribution in [-0.4, -0.2) is 69.5 Å². The number of nitrogens with one attached hydrogen (secondary N) is 1. The molecule has 134 valence electrons. The SMILES string of the molecule is NC(CCC(=O)O)C(=O)C1(C(=O)O)CCCN1C(=O)C1CCCN1. The number of aliphatic carboxylic acids is 2. The summed E-state index contributed by atoms with van der Waals surface area (Å²) >= 11 is 0. The van der Waals surface area contributed by atoms with Crippen molar-refractivity contribution >= 4 is 23.6 Å². The van der Waals surface area contributed by atoms with Crippen LogP contribution in [-0.2, 0) is 19.2 Å². The van der Waals surface area contributed by atoms with Crippen molar-refractivity contribution in [3.8, 4) is 0 Å². The van der Waals surface area contributed by atoms with E-state index in [1.54, 1.807) is 0 Å². The third-order valence-electron chi connectivity index (χ3n) is 4.77. The van der Waals surface area contributed by atoms with Crippen LogP contribution in [0.15, 0.2) is 0 Å². The quantitative estimate of drug-likeness (QED) is 0.428. The summed E-state index contributed by atoms with van der Waals surface area (Å²) in [6.07, 6.45) is 1.32. The third-order valence-corrected chi connectivity index (χ3v) is 4.77. The van der Waals surface area contributed by atoms with Crippen LogP contribution in [0.3, 0.4) is 0 Å². The van der Waals surface area contributed by atoms with Crippen LogP contribution in [0.25, 0.3) is 0 Å². The van der Waals surface area contributed by atoms with E-state index < -0.39 is 41.3 Å². The largest absolute Gasteiger partial charge is 0.481 e. The van der Waals surface area contributed by atoms with Crippen LogP contribution in [0.2, 0.25) is 0 Å². The molecule has 9 heteroatoms. The number of carbonyl (C=O) groups excluding carboxylic acids is 2. The minimum Gasteiger partial charge on any atom is -0.481 e. The molecule has 9 nitrogen and oxygen atoms in total. The zero-order valence-electron chi connectivity index (χ0n) is 13.4. The van der Waals surface area contributed by atoms with Gasteiger partial charge in [0.15, 0.2) is 5.78 Å². The van der Waals surface area contributed by atoms with Crippen LogP contribution in [0, 0.1) is 0 Å². The second-order valence-corrected chi connectivity index (χ2v) is 6.31. The number of likely N-dealkylation sites (tertiary alicyclic amines) is 1. The molecule has 2 aliphatic rings. The summed E-state index contributed by atoms with van der Waals surface area (Å²) in [5.74, 6) is -3.70. The van der Waals surface area contributed by atoms with Crippen LogP contribution in [0.5, 0.6) is 0 Å². The molecule has 0 saturated carbocycles. The molecule has 0 aromatic heterocycles. The molecule has 3 unspecified atom stereocenters. The van der Waals surface area contributed by atoms with Gasteiger partial charge in [-0.2, -0.15) is 0 Å². The van der Waals surface area contributed by atoms with Crippen LogP contribution >= 0.6 is 0 Å². The number of carbonyl (C=O) groups is 4. The van der Waals surface area contributed by atoms with Gasteiger partial charge >= 0.3 is 11.9 Å². The number of amides is 1. The molecule has 1 amide bonds. The van der Waals surface area contributed by atoms with Crippen molar-refractivity contribution in [2.45, 2.75) is 56.1 Å². The first-order valence-corrected chi connectivity index (χ1v) is 8.10. The van der Waals surface area contributed by atoms with Crippen molar-refractivity contribution in [1.82, 2.24) is 10.2 Å². The number of hydrogen-bond acceptors (Lipinski definition) is 6. The molecule has 2 heterocycles. The van der Waals surface area contributed by atoms with E-state index in [4.69, 9.17) is 10.8 Å². The second-order valence-electron chi connectivity index (χ2n) is 6.31. The van der Waals surface area contributed by atoms with Gasteiger partial charge in [0.05, 0.1) is 12.1 Å². The van der Waals surface area contributed by atoms with Gasteiger partial charge in [0, 0.05) is 13.0 Å². The zero-order chi connectivity index (χ0) is 17.9. The number of ketones is 1. The molecule has 0 spiro atoms. The minimum absolute atomic E-state index is 0.000395. The molecule has 2 saturated heterocycles. The molecule has 2 rings (SSSR count). The predicted octanol–water partition coefficient (Wildman–Crippen LogP) is -1.05. The average Bonchev–Trinajstić information content (AvgIpc) is 3.20. The first-order chi connectivity index (χ1) is 11.3. The Kier molecular flexibility index (Phi) is 5.55. The maximum Gasteiger partial charge on any atom is 0.337 e. The second kappa shape index (κ2) is 7.27. The molecular weight excluding hydrogens is 318 g/mol. The van der Waals surface area contributed by atoms with Crippen LogP contribution in [0.4, 0.5) is 0 Å². The molecule has 2 fully saturated rings. The van der Waals surface area contributed by atoms with E-state index in [2.05, 4.69) is 5.32 Å². The molecule has 5 N–H and O–H groups in total. The topological polar surface area (TPSA) is 150 Å². The highest BCUT2D eigenvalue weighted by molar-refractivity contribution is 6.13. The summed E-state index contributed by atoms with van der Waals surface area (Å²) < 4.78 is 0. The highest BCUT2D eigenvalue weighted by Crippen LogP contribution is 2.33.